The molecule has 0 fully saturated rings. The highest BCUT2D eigenvalue weighted by atomic mass is 16.6. The number of allylic oxidation sites excluding steroid dienone is 1. The van der Waals surface area contributed by atoms with Crippen LogP contribution in [0.5, 0.6) is 0 Å². The summed E-state index contributed by atoms with van der Waals surface area (Å²) >= 11 is 0. The maximum Gasteiger partial charge on any atom is 0.241 e. The average Bonchev–Trinajstić information content (AvgIpc) is 2.20. The summed E-state index contributed by atoms with van der Waals surface area (Å²) in [5, 5.41) is 21.2. The fourth-order valence-electron chi connectivity index (χ4n) is 0.893. The van der Waals surface area contributed by atoms with E-state index >= 15 is 0 Å². The third-order valence-electron chi connectivity index (χ3n) is 1.63. The number of carbonyl (C=O) groups excluding carboxylic acids is 1. The Hall–Kier alpha value is -1.90. The number of nitrogens with zero attached hydrogens (tertiary/aromatic N) is 2. The minimum absolute atomic E-state index is 0.231. The Kier molecular flexibility index (Phi) is 6.55. The molecule has 0 rings (SSSR count). The van der Waals surface area contributed by atoms with Gasteiger partial charge >= 0.3 is 0 Å². The van der Waals surface area contributed by atoms with Crippen LogP contribution in [0.15, 0.2) is 12.2 Å². The summed E-state index contributed by atoms with van der Waals surface area (Å²) in [5.41, 5.74) is 0. The van der Waals surface area contributed by atoms with Crippen molar-refractivity contribution in [2.24, 2.45) is 0 Å². The Bertz CT molecular complexity index is 293. The summed E-state index contributed by atoms with van der Waals surface area (Å²) in [6, 6.07) is 0.529. The van der Waals surface area contributed by atoms with Gasteiger partial charge in [0.25, 0.3) is 0 Å². The van der Waals surface area contributed by atoms with Crippen LogP contribution in [0.2, 0.25) is 0 Å². The van der Waals surface area contributed by atoms with Crippen molar-refractivity contribution in [3.63, 3.8) is 0 Å². The Labute approximate surface area is 87.7 Å². The Morgan fingerprint density at radius 2 is 2.40 bits per heavy atom. The summed E-state index contributed by atoms with van der Waals surface area (Å²) in [4.78, 5) is 21.0. The lowest BCUT2D eigenvalue weighted by molar-refractivity contribution is -0.508. The third kappa shape index (κ3) is 6.21. The van der Waals surface area contributed by atoms with Crippen LogP contribution in [0.4, 0.5) is 0 Å². The van der Waals surface area contributed by atoms with Crippen molar-refractivity contribution in [2.45, 2.75) is 25.8 Å². The SMILES string of the molecule is CCCNC(=O)CC(/C=C/C#N)[N+](=O)[O-]. The molecule has 0 aromatic heterocycles. The third-order valence-corrected chi connectivity index (χ3v) is 1.63. The Balaban J connectivity index is 4.18. The van der Waals surface area contributed by atoms with Gasteiger partial charge in [0.15, 0.2) is 0 Å². The molecule has 82 valence electrons. The second-order valence-corrected chi connectivity index (χ2v) is 2.89. The second-order valence-electron chi connectivity index (χ2n) is 2.89. The molecule has 0 saturated heterocycles. The van der Waals surface area contributed by atoms with Gasteiger partial charge in [-0.3, -0.25) is 14.9 Å². The smallest absolute Gasteiger partial charge is 0.241 e. The van der Waals surface area contributed by atoms with E-state index in [4.69, 9.17) is 5.26 Å². The highest BCUT2D eigenvalue weighted by Gasteiger charge is 2.20. The molecule has 15 heavy (non-hydrogen) atoms. The molecule has 0 spiro atoms. The molecule has 6 heteroatoms. The van der Waals surface area contributed by atoms with Gasteiger partial charge in [0.2, 0.25) is 11.9 Å². The average molecular weight is 211 g/mol. The van der Waals surface area contributed by atoms with Gasteiger partial charge in [0.1, 0.15) is 0 Å². The van der Waals surface area contributed by atoms with Crippen LogP contribution in [0.1, 0.15) is 19.8 Å². The summed E-state index contributed by atoms with van der Waals surface area (Å²) in [6.45, 7) is 2.39. The van der Waals surface area contributed by atoms with Crippen LogP contribution in [0.25, 0.3) is 0 Å². The number of nitriles is 1. The summed E-state index contributed by atoms with van der Waals surface area (Å²) in [5.74, 6) is -0.374. The first-order valence-electron chi connectivity index (χ1n) is 4.58. The molecule has 0 aliphatic heterocycles. The van der Waals surface area contributed by atoms with Crippen molar-refractivity contribution >= 4 is 5.91 Å². The van der Waals surface area contributed by atoms with Gasteiger partial charge in [-0.15, -0.1) is 0 Å². The monoisotopic (exact) mass is 211 g/mol. The Morgan fingerprint density at radius 1 is 1.73 bits per heavy atom. The molecule has 0 aromatic rings. The van der Waals surface area contributed by atoms with Crippen molar-refractivity contribution in [3.8, 4) is 6.07 Å². The maximum atomic E-state index is 11.1. The Morgan fingerprint density at radius 3 is 2.87 bits per heavy atom. The first-order chi connectivity index (χ1) is 7.11. The summed E-state index contributed by atoms with van der Waals surface area (Å²) < 4.78 is 0. The van der Waals surface area contributed by atoms with Gasteiger partial charge in [0, 0.05) is 17.5 Å². The van der Waals surface area contributed by atoms with E-state index in [1.807, 2.05) is 6.92 Å². The molecule has 0 heterocycles. The molecule has 1 N–H and O–H groups in total. The topological polar surface area (TPSA) is 96.0 Å². The molecule has 0 aromatic carbocycles. The molecule has 0 radical (unpaired) electrons. The normalized spacial score (nSPS) is 12.0. The van der Waals surface area contributed by atoms with Crippen LogP contribution in [-0.2, 0) is 4.79 Å². The van der Waals surface area contributed by atoms with E-state index < -0.39 is 11.0 Å². The fraction of sp³-hybridized carbons (Fsp3) is 0.556. The highest BCUT2D eigenvalue weighted by Crippen LogP contribution is 1.99. The summed E-state index contributed by atoms with van der Waals surface area (Å²) in [6.07, 6.45) is 2.68. The fourth-order valence-corrected chi connectivity index (χ4v) is 0.893. The van der Waals surface area contributed by atoms with Crippen molar-refractivity contribution in [1.82, 2.24) is 5.32 Å². The van der Waals surface area contributed by atoms with E-state index in [1.54, 1.807) is 6.07 Å². The van der Waals surface area contributed by atoms with E-state index in [1.165, 1.54) is 0 Å². The van der Waals surface area contributed by atoms with Crippen molar-refractivity contribution in [1.29, 1.82) is 5.26 Å². The van der Waals surface area contributed by atoms with Gasteiger partial charge in [0.05, 0.1) is 12.5 Å². The number of rotatable bonds is 6. The number of carbonyl (C=O) groups is 1. The zero-order chi connectivity index (χ0) is 11.7. The van der Waals surface area contributed by atoms with Gasteiger partial charge in [-0.25, -0.2) is 0 Å². The zero-order valence-electron chi connectivity index (χ0n) is 8.47. The first-order valence-corrected chi connectivity index (χ1v) is 4.58. The first kappa shape index (κ1) is 13.1. The lowest BCUT2D eigenvalue weighted by Gasteiger charge is -2.05. The van der Waals surface area contributed by atoms with Crippen molar-refractivity contribution < 1.29 is 9.72 Å². The lowest BCUT2D eigenvalue weighted by atomic mass is 10.2. The van der Waals surface area contributed by atoms with Crippen LogP contribution < -0.4 is 5.32 Å². The minimum atomic E-state index is -1.12. The van der Waals surface area contributed by atoms with E-state index in [2.05, 4.69) is 5.32 Å². The molecule has 0 saturated carbocycles. The van der Waals surface area contributed by atoms with Crippen molar-refractivity contribution in [3.05, 3.63) is 22.3 Å². The van der Waals surface area contributed by atoms with Gasteiger partial charge < -0.3 is 5.32 Å². The minimum Gasteiger partial charge on any atom is -0.356 e. The van der Waals surface area contributed by atoms with E-state index in [0.29, 0.717) is 6.54 Å². The van der Waals surface area contributed by atoms with E-state index in [9.17, 15) is 14.9 Å². The standard InChI is InChI=1S/C9H13N3O3/c1-2-6-11-9(13)7-8(12(14)15)4-3-5-10/h3-4,8H,2,6-7H2,1H3,(H,11,13)/b4-3+. The van der Waals surface area contributed by atoms with Crippen LogP contribution in [0, 0.1) is 21.4 Å². The predicted octanol–water partition coefficient (Wildman–Crippen LogP) is 0.628. The summed E-state index contributed by atoms with van der Waals surface area (Å²) in [7, 11) is 0. The van der Waals surface area contributed by atoms with E-state index in [0.717, 1.165) is 18.6 Å². The van der Waals surface area contributed by atoms with Crippen LogP contribution >= 0.6 is 0 Å². The second kappa shape index (κ2) is 7.50. The quantitative estimate of drug-likeness (QED) is 0.396. The molecular weight excluding hydrogens is 198 g/mol. The number of amides is 1. The molecule has 1 unspecified atom stereocenters. The predicted molar refractivity (Wildman–Crippen MR) is 53.5 cm³/mol. The molecule has 6 nitrogen and oxygen atoms in total. The van der Waals surface area contributed by atoms with Crippen molar-refractivity contribution in [2.75, 3.05) is 6.54 Å². The van der Waals surface area contributed by atoms with Crippen LogP contribution in [-0.4, -0.2) is 23.4 Å². The molecule has 1 amide bonds. The number of hydrogen-bond acceptors (Lipinski definition) is 4. The van der Waals surface area contributed by atoms with Gasteiger partial charge in [-0.2, -0.15) is 5.26 Å². The largest absolute Gasteiger partial charge is 0.356 e. The molecule has 0 aliphatic carbocycles. The van der Waals surface area contributed by atoms with Crippen LogP contribution in [0.3, 0.4) is 0 Å². The van der Waals surface area contributed by atoms with Gasteiger partial charge in [-0.05, 0) is 12.5 Å². The van der Waals surface area contributed by atoms with Gasteiger partial charge in [-0.1, -0.05) is 6.92 Å². The number of hydrogen-bond donors (Lipinski definition) is 1. The molecule has 0 aliphatic rings. The van der Waals surface area contributed by atoms with E-state index in [-0.39, 0.29) is 12.3 Å². The number of nitrogens with one attached hydrogen (secondary N) is 1. The molecule has 0 bridgehead atoms. The lowest BCUT2D eigenvalue weighted by Crippen LogP contribution is -2.30. The molecule has 1 atom stereocenters. The highest BCUT2D eigenvalue weighted by molar-refractivity contribution is 5.76. The zero-order valence-corrected chi connectivity index (χ0v) is 8.47. The maximum absolute atomic E-state index is 11.1. The molecular formula is C9H13N3O3. The number of nitro groups is 1.